The van der Waals surface area contributed by atoms with E-state index in [2.05, 4.69) is 19.2 Å². The molecule has 0 fully saturated rings. The van der Waals surface area contributed by atoms with E-state index < -0.39 is 0 Å². The molecule has 0 heterocycles. The summed E-state index contributed by atoms with van der Waals surface area (Å²) in [6.45, 7) is 8.25. The third kappa shape index (κ3) is 3.96. The van der Waals surface area contributed by atoms with Crippen LogP contribution in [0, 0.1) is 13.8 Å². The Balaban J connectivity index is 2.19. The summed E-state index contributed by atoms with van der Waals surface area (Å²) in [5, 5.41) is 3.75. The van der Waals surface area contributed by atoms with Crippen LogP contribution in [0.3, 0.4) is 0 Å². The van der Waals surface area contributed by atoms with E-state index >= 15 is 0 Å². The largest absolute Gasteiger partial charge is 0.242 e. The van der Waals surface area contributed by atoms with Gasteiger partial charge in [0, 0.05) is 13.1 Å². The lowest BCUT2D eigenvalue weighted by Gasteiger charge is -1.82. The van der Waals surface area contributed by atoms with Gasteiger partial charge < -0.3 is 0 Å². The van der Waals surface area contributed by atoms with E-state index in [4.69, 9.17) is 0 Å². The molecule has 0 rings (SSSR count). The van der Waals surface area contributed by atoms with Crippen LogP contribution >= 0.6 is 0 Å². The van der Waals surface area contributed by atoms with Crippen molar-refractivity contribution >= 4 is 0 Å². The molecular formula is C4H8N. The fourth-order valence-electron chi connectivity index (χ4n) is 0.112. The lowest BCUT2D eigenvalue weighted by Crippen LogP contribution is -2.00. The molecule has 0 bridgehead atoms. The summed E-state index contributed by atoms with van der Waals surface area (Å²) in [4.78, 5) is 0. The zero-order chi connectivity index (χ0) is 4.12. The first-order valence-electron chi connectivity index (χ1n) is 1.63. The predicted octanol–water partition coefficient (Wildman–Crippen LogP) is 0.259. The van der Waals surface area contributed by atoms with Gasteiger partial charge in [-0.25, -0.2) is 5.32 Å². The van der Waals surface area contributed by atoms with E-state index in [1.807, 2.05) is 0 Å². The first-order chi connectivity index (χ1) is 2.41. The molecule has 0 spiro atoms. The number of rotatable bonds is 2. The molecule has 0 amide bonds. The maximum absolute atomic E-state index is 3.75. The minimum atomic E-state index is 0.656. The zero-order valence-electron chi connectivity index (χ0n) is 3.28. The van der Waals surface area contributed by atoms with Crippen LogP contribution in [0.2, 0.25) is 0 Å². The quantitative estimate of drug-likeness (QED) is 0.442. The Hall–Kier alpha value is -0.0400. The second kappa shape index (κ2) is 3.96. The summed E-state index contributed by atoms with van der Waals surface area (Å²) in [5.41, 5.74) is 0. The molecule has 0 aliphatic heterocycles. The number of nitrogens with zero attached hydrogens (tertiary/aromatic N) is 1. The maximum Gasteiger partial charge on any atom is 0.0133 e. The van der Waals surface area contributed by atoms with Crippen LogP contribution < -0.4 is 5.32 Å². The average Bonchev–Trinajstić information content (AvgIpc) is 1.41. The van der Waals surface area contributed by atoms with Crippen LogP contribution in [0.5, 0.6) is 0 Å². The lowest BCUT2D eigenvalue weighted by atomic mass is 10.7. The molecule has 0 aromatic heterocycles. The third-order valence-corrected chi connectivity index (χ3v) is 0.316. The Morgan fingerprint density at radius 2 is 1.60 bits per heavy atom. The summed E-state index contributed by atoms with van der Waals surface area (Å²) in [5.74, 6) is 0. The van der Waals surface area contributed by atoms with Gasteiger partial charge >= 0.3 is 0 Å². The maximum atomic E-state index is 3.75. The van der Waals surface area contributed by atoms with Crippen LogP contribution in [0.4, 0.5) is 0 Å². The molecule has 0 N–H and O–H groups in total. The van der Waals surface area contributed by atoms with E-state index in [0.717, 1.165) is 0 Å². The molecular weight excluding hydrogens is 62.1 g/mol. The standard InChI is InChI=1S/C4H8N/c1-3-5-4-2/h1-4H2. The number of hydrogen-bond acceptors (Lipinski definition) is 0. The van der Waals surface area contributed by atoms with Gasteiger partial charge in [0.05, 0.1) is 0 Å². The van der Waals surface area contributed by atoms with E-state index in [0.29, 0.717) is 13.1 Å². The van der Waals surface area contributed by atoms with Gasteiger partial charge in [0.15, 0.2) is 0 Å². The molecule has 1 nitrogen and oxygen atoms in total. The molecule has 1 heteroatoms. The van der Waals surface area contributed by atoms with Crippen molar-refractivity contribution < 1.29 is 0 Å². The van der Waals surface area contributed by atoms with Gasteiger partial charge in [-0.15, -0.1) is 0 Å². The summed E-state index contributed by atoms with van der Waals surface area (Å²) < 4.78 is 0. The van der Waals surface area contributed by atoms with Crippen molar-refractivity contribution in [2.45, 2.75) is 0 Å². The molecule has 0 aromatic rings. The molecule has 0 saturated heterocycles. The molecule has 29 valence electrons. The molecule has 3 radical (unpaired) electrons. The number of hydrogen-bond donors (Lipinski definition) is 0. The Bertz CT molecular complexity index is 11.1. The SMILES string of the molecule is [CH2]C[N]C[CH2]. The van der Waals surface area contributed by atoms with Crippen molar-refractivity contribution in [2.75, 3.05) is 13.1 Å². The topological polar surface area (TPSA) is 14.1 Å². The highest BCUT2D eigenvalue weighted by atomic mass is 14.8. The second-order valence-electron chi connectivity index (χ2n) is 0.671. The van der Waals surface area contributed by atoms with Crippen LogP contribution in [0.15, 0.2) is 0 Å². The van der Waals surface area contributed by atoms with Crippen molar-refractivity contribution in [1.82, 2.24) is 5.32 Å². The molecule has 0 atom stereocenters. The van der Waals surface area contributed by atoms with Gasteiger partial charge in [0.2, 0.25) is 0 Å². The van der Waals surface area contributed by atoms with Gasteiger partial charge in [-0.2, -0.15) is 0 Å². The third-order valence-electron chi connectivity index (χ3n) is 0.316. The Labute approximate surface area is 33.4 Å². The van der Waals surface area contributed by atoms with E-state index in [-0.39, 0.29) is 0 Å². The van der Waals surface area contributed by atoms with Crippen LogP contribution in [0.1, 0.15) is 0 Å². The monoisotopic (exact) mass is 70.1 g/mol. The van der Waals surface area contributed by atoms with Gasteiger partial charge in [0.25, 0.3) is 0 Å². The van der Waals surface area contributed by atoms with Gasteiger partial charge in [0.1, 0.15) is 0 Å². The van der Waals surface area contributed by atoms with E-state index in [9.17, 15) is 0 Å². The smallest absolute Gasteiger partial charge is 0.0133 e. The normalized spacial score (nSPS) is 8.40. The molecule has 5 heavy (non-hydrogen) atoms. The molecule has 0 aliphatic carbocycles. The van der Waals surface area contributed by atoms with Crippen molar-refractivity contribution in [1.29, 1.82) is 0 Å². The molecule has 0 aliphatic rings. The Kier molecular flexibility index (Phi) is 3.93. The van der Waals surface area contributed by atoms with Crippen molar-refractivity contribution in [3.8, 4) is 0 Å². The second-order valence-corrected chi connectivity index (χ2v) is 0.671. The Morgan fingerprint density at radius 3 is 1.60 bits per heavy atom. The summed E-state index contributed by atoms with van der Waals surface area (Å²) >= 11 is 0. The highest BCUT2D eigenvalue weighted by molar-refractivity contribution is 4.45. The van der Waals surface area contributed by atoms with Crippen LogP contribution in [-0.2, 0) is 0 Å². The first kappa shape index (κ1) is 4.96. The van der Waals surface area contributed by atoms with Gasteiger partial charge in [-0.3, -0.25) is 0 Å². The van der Waals surface area contributed by atoms with E-state index in [1.54, 1.807) is 0 Å². The Morgan fingerprint density at radius 1 is 1.20 bits per heavy atom. The van der Waals surface area contributed by atoms with Crippen LogP contribution in [0.25, 0.3) is 0 Å². The highest BCUT2D eigenvalue weighted by Gasteiger charge is 1.66. The predicted molar refractivity (Wildman–Crippen MR) is 22.6 cm³/mol. The van der Waals surface area contributed by atoms with Crippen molar-refractivity contribution in [3.63, 3.8) is 0 Å². The summed E-state index contributed by atoms with van der Waals surface area (Å²) in [6.07, 6.45) is 0. The van der Waals surface area contributed by atoms with E-state index in [1.165, 1.54) is 0 Å². The van der Waals surface area contributed by atoms with Gasteiger partial charge in [-0.05, 0) is 13.8 Å². The summed E-state index contributed by atoms with van der Waals surface area (Å²) in [7, 11) is 0. The average molecular weight is 70.1 g/mol. The minimum absolute atomic E-state index is 0.656. The fourth-order valence-corrected chi connectivity index (χ4v) is 0.112. The molecule has 0 unspecified atom stereocenters. The highest BCUT2D eigenvalue weighted by Crippen LogP contribution is 1.51. The molecule has 0 aromatic carbocycles. The van der Waals surface area contributed by atoms with Crippen molar-refractivity contribution in [2.24, 2.45) is 0 Å². The fraction of sp³-hybridized carbons (Fsp3) is 0.500. The van der Waals surface area contributed by atoms with Crippen molar-refractivity contribution in [3.05, 3.63) is 13.8 Å². The van der Waals surface area contributed by atoms with Crippen LogP contribution in [-0.4, -0.2) is 13.1 Å². The zero-order valence-corrected chi connectivity index (χ0v) is 3.28. The van der Waals surface area contributed by atoms with Gasteiger partial charge in [-0.1, -0.05) is 0 Å². The lowest BCUT2D eigenvalue weighted by molar-refractivity contribution is 0.820. The molecule has 0 saturated carbocycles. The first-order valence-corrected chi connectivity index (χ1v) is 1.63. The summed E-state index contributed by atoms with van der Waals surface area (Å²) in [6, 6.07) is 0. The minimum Gasteiger partial charge on any atom is -0.242 e.